The number of rotatable bonds is 3. The monoisotopic (exact) mass is 389 g/mol. The van der Waals surface area contributed by atoms with Crippen LogP contribution in [0.2, 0.25) is 0 Å². The van der Waals surface area contributed by atoms with E-state index in [1.165, 1.54) is 0 Å². The van der Waals surface area contributed by atoms with Crippen LogP contribution in [-0.4, -0.2) is 29.1 Å². The average molecular weight is 389 g/mol. The van der Waals surface area contributed by atoms with Crippen molar-refractivity contribution in [3.8, 4) is 0 Å². The highest BCUT2D eigenvalue weighted by atomic mass is 16.6. The topological polar surface area (TPSA) is 78.6 Å². The maximum Gasteiger partial charge on any atom is 0.347 e. The van der Waals surface area contributed by atoms with E-state index in [-0.39, 0.29) is 6.10 Å². The van der Waals surface area contributed by atoms with Gasteiger partial charge in [-0.3, -0.25) is 0 Å². The molecule has 1 saturated heterocycles. The van der Waals surface area contributed by atoms with E-state index in [1.807, 2.05) is 42.5 Å². The second kappa shape index (κ2) is 6.88. The first-order valence-electron chi connectivity index (χ1n) is 9.67. The van der Waals surface area contributed by atoms with Gasteiger partial charge in [0.1, 0.15) is 11.9 Å². The number of ether oxygens (including phenoxy) is 2. The zero-order chi connectivity index (χ0) is 20.0. The highest BCUT2D eigenvalue weighted by Crippen LogP contribution is 2.38. The molecule has 0 saturated carbocycles. The molecule has 0 radical (unpaired) electrons. The van der Waals surface area contributed by atoms with Crippen LogP contribution in [0.15, 0.2) is 47.1 Å². The third kappa shape index (κ3) is 3.10. The van der Waals surface area contributed by atoms with Gasteiger partial charge in [0.05, 0.1) is 23.0 Å². The van der Waals surface area contributed by atoms with Crippen molar-refractivity contribution in [2.45, 2.75) is 38.4 Å². The number of furan rings is 1. The Labute approximate surface area is 167 Å². The molecule has 1 fully saturated rings. The van der Waals surface area contributed by atoms with Gasteiger partial charge in [-0.1, -0.05) is 18.2 Å². The fraction of sp³-hybridized carbons (Fsp3) is 0.261. The number of carbonyl (C=O) groups is 2. The minimum atomic E-state index is -0.861. The highest BCUT2D eigenvalue weighted by molar-refractivity contribution is 6.07. The Morgan fingerprint density at radius 3 is 2.83 bits per heavy atom. The van der Waals surface area contributed by atoms with Gasteiger partial charge in [-0.25, -0.2) is 14.6 Å². The summed E-state index contributed by atoms with van der Waals surface area (Å²) in [4.78, 5) is 29.9. The second-order valence-electron chi connectivity index (χ2n) is 7.39. The number of allylic oxidation sites excluding steroid dienone is 1. The fourth-order valence-corrected chi connectivity index (χ4v) is 4.06. The van der Waals surface area contributed by atoms with Crippen LogP contribution in [-0.2, 0) is 20.7 Å². The Morgan fingerprint density at radius 1 is 1.21 bits per heavy atom. The predicted octanol–water partition coefficient (Wildman–Crippen LogP) is 4.18. The molecule has 0 N–H and O–H groups in total. The average Bonchev–Trinajstić information content (AvgIpc) is 3.42. The van der Waals surface area contributed by atoms with E-state index in [9.17, 15) is 9.59 Å². The van der Waals surface area contributed by atoms with E-state index in [2.05, 4.69) is 0 Å². The van der Waals surface area contributed by atoms with Crippen LogP contribution in [0.3, 0.4) is 0 Å². The Bertz CT molecular complexity index is 1150. The number of nitrogens with zero attached hydrogens (tertiary/aromatic N) is 1. The molecule has 29 heavy (non-hydrogen) atoms. The lowest BCUT2D eigenvalue weighted by Crippen LogP contribution is -2.23. The number of aromatic nitrogens is 1. The fourth-order valence-electron chi connectivity index (χ4n) is 4.06. The SMILES string of the molecule is CC1CC(OC(=O)c2c3c(nc4ccccc24)/C(=C\c2ccco2)CC3)C(=O)O1. The zero-order valence-electron chi connectivity index (χ0n) is 15.9. The minimum Gasteiger partial charge on any atom is -0.465 e. The molecule has 6 nitrogen and oxygen atoms in total. The Hall–Kier alpha value is -3.41. The van der Waals surface area contributed by atoms with Gasteiger partial charge in [0.2, 0.25) is 6.10 Å². The molecule has 0 amide bonds. The number of hydrogen-bond donors (Lipinski definition) is 0. The summed E-state index contributed by atoms with van der Waals surface area (Å²) in [6.45, 7) is 1.79. The van der Waals surface area contributed by atoms with E-state index in [0.717, 1.165) is 34.4 Å². The minimum absolute atomic E-state index is 0.247. The van der Waals surface area contributed by atoms with Crippen LogP contribution in [0, 0.1) is 0 Å². The third-order valence-electron chi connectivity index (χ3n) is 5.38. The van der Waals surface area contributed by atoms with Crippen molar-refractivity contribution >= 4 is 34.5 Å². The molecule has 2 atom stereocenters. The lowest BCUT2D eigenvalue weighted by Gasteiger charge is -2.14. The number of hydrogen-bond acceptors (Lipinski definition) is 6. The Morgan fingerprint density at radius 2 is 2.07 bits per heavy atom. The van der Waals surface area contributed by atoms with Crippen LogP contribution in [0.5, 0.6) is 0 Å². The van der Waals surface area contributed by atoms with Crippen molar-refractivity contribution in [2.24, 2.45) is 0 Å². The van der Waals surface area contributed by atoms with Crippen LogP contribution < -0.4 is 0 Å². The molecule has 3 heterocycles. The number of cyclic esters (lactones) is 1. The molecule has 2 unspecified atom stereocenters. The van der Waals surface area contributed by atoms with E-state index in [0.29, 0.717) is 23.9 Å². The van der Waals surface area contributed by atoms with Crippen LogP contribution in [0.1, 0.15) is 47.1 Å². The van der Waals surface area contributed by atoms with Crippen molar-refractivity contribution in [3.63, 3.8) is 0 Å². The Balaban J connectivity index is 1.60. The van der Waals surface area contributed by atoms with E-state index in [1.54, 1.807) is 13.2 Å². The summed E-state index contributed by atoms with van der Waals surface area (Å²) in [5, 5.41) is 0.731. The molecule has 0 bridgehead atoms. The largest absolute Gasteiger partial charge is 0.465 e. The summed E-state index contributed by atoms with van der Waals surface area (Å²) in [6.07, 6.45) is 4.28. The summed E-state index contributed by atoms with van der Waals surface area (Å²) < 4.78 is 16.1. The third-order valence-corrected chi connectivity index (χ3v) is 5.38. The lowest BCUT2D eigenvalue weighted by atomic mass is 10.0. The molecule has 146 valence electrons. The van der Waals surface area contributed by atoms with Gasteiger partial charge in [0, 0.05) is 11.8 Å². The molecule has 5 rings (SSSR count). The Kier molecular flexibility index (Phi) is 4.19. The van der Waals surface area contributed by atoms with Crippen molar-refractivity contribution < 1.29 is 23.5 Å². The summed E-state index contributed by atoms with van der Waals surface area (Å²) in [5.74, 6) is -0.246. The van der Waals surface area contributed by atoms with Gasteiger partial charge in [-0.05, 0) is 55.2 Å². The van der Waals surface area contributed by atoms with Crippen molar-refractivity contribution in [3.05, 3.63) is 65.2 Å². The summed E-state index contributed by atoms with van der Waals surface area (Å²) >= 11 is 0. The van der Waals surface area contributed by atoms with Crippen molar-refractivity contribution in [1.82, 2.24) is 4.98 Å². The summed E-state index contributed by atoms with van der Waals surface area (Å²) in [6, 6.07) is 11.2. The van der Waals surface area contributed by atoms with Gasteiger partial charge in [-0.2, -0.15) is 0 Å². The molecule has 2 aliphatic rings. The quantitative estimate of drug-likeness (QED) is 0.626. The molecule has 0 spiro atoms. The maximum atomic E-state index is 13.2. The predicted molar refractivity (Wildman–Crippen MR) is 106 cm³/mol. The molecule has 6 heteroatoms. The number of para-hydroxylation sites is 1. The van der Waals surface area contributed by atoms with Gasteiger partial charge >= 0.3 is 11.9 Å². The summed E-state index contributed by atoms with van der Waals surface area (Å²) in [7, 11) is 0. The van der Waals surface area contributed by atoms with E-state index in [4.69, 9.17) is 18.9 Å². The number of pyridine rings is 1. The second-order valence-corrected chi connectivity index (χ2v) is 7.39. The van der Waals surface area contributed by atoms with Gasteiger partial charge in [0.15, 0.2) is 0 Å². The normalized spacial score (nSPS) is 22.1. The molecular weight excluding hydrogens is 370 g/mol. The first-order chi connectivity index (χ1) is 14.1. The smallest absolute Gasteiger partial charge is 0.347 e. The molecule has 2 aromatic heterocycles. The van der Waals surface area contributed by atoms with Crippen LogP contribution in [0.25, 0.3) is 22.6 Å². The van der Waals surface area contributed by atoms with Gasteiger partial charge in [-0.15, -0.1) is 0 Å². The number of benzene rings is 1. The molecule has 1 aliphatic heterocycles. The molecule has 1 aromatic carbocycles. The number of fused-ring (bicyclic) bond motifs is 2. The van der Waals surface area contributed by atoms with E-state index >= 15 is 0 Å². The molecule has 3 aromatic rings. The maximum absolute atomic E-state index is 13.2. The number of carbonyl (C=O) groups excluding carboxylic acids is 2. The van der Waals surface area contributed by atoms with Crippen molar-refractivity contribution in [2.75, 3.05) is 0 Å². The lowest BCUT2D eigenvalue weighted by molar-refractivity contribution is -0.147. The van der Waals surface area contributed by atoms with Crippen LogP contribution in [0.4, 0.5) is 0 Å². The molecular formula is C23H19NO5. The number of esters is 2. The highest BCUT2D eigenvalue weighted by Gasteiger charge is 2.37. The van der Waals surface area contributed by atoms with Crippen LogP contribution >= 0.6 is 0 Å². The molecule has 1 aliphatic carbocycles. The zero-order valence-corrected chi connectivity index (χ0v) is 15.9. The first-order valence-corrected chi connectivity index (χ1v) is 9.67. The van der Waals surface area contributed by atoms with Gasteiger partial charge < -0.3 is 13.9 Å². The standard InChI is InChI=1S/C23H19NO5/c1-13-11-19(22(25)28-13)29-23(26)20-16-6-2-3-7-18(16)24-21-14(8-9-17(20)21)12-15-5-4-10-27-15/h2-7,10,12-13,19H,8-9,11H2,1H3/b14-12-. The van der Waals surface area contributed by atoms with Crippen molar-refractivity contribution in [1.29, 1.82) is 0 Å². The first kappa shape index (κ1) is 17.7. The van der Waals surface area contributed by atoms with E-state index < -0.39 is 18.0 Å². The summed E-state index contributed by atoms with van der Waals surface area (Å²) in [5.41, 5.74) is 3.86. The van der Waals surface area contributed by atoms with Gasteiger partial charge in [0.25, 0.3) is 0 Å².